The molecule has 84 valence electrons. The molecule has 2 rings (SSSR count). The smallest absolute Gasteiger partial charge is 0.101 e. The Balaban J connectivity index is 2.19. The molecule has 1 heterocycles. The van der Waals surface area contributed by atoms with Gasteiger partial charge in [-0.15, -0.1) is 0 Å². The maximum Gasteiger partial charge on any atom is 0.101 e. The quantitative estimate of drug-likeness (QED) is 0.869. The molecule has 1 aromatic carbocycles. The van der Waals surface area contributed by atoms with E-state index in [0.29, 0.717) is 5.56 Å². The number of hydrogen-bond donors (Lipinski definition) is 1. The first-order chi connectivity index (χ1) is 8.31. The molecule has 0 saturated heterocycles. The number of benzene rings is 1. The van der Waals surface area contributed by atoms with Gasteiger partial charge >= 0.3 is 0 Å². The van der Waals surface area contributed by atoms with Crippen LogP contribution in [0.4, 0.5) is 5.69 Å². The normalized spacial score (nSPS) is 11.5. The van der Waals surface area contributed by atoms with E-state index in [1.807, 2.05) is 43.3 Å². The molecular formula is C14H13N3. The molecule has 2 aromatic rings. The molecule has 0 aliphatic carbocycles. The van der Waals surface area contributed by atoms with Gasteiger partial charge in [0.2, 0.25) is 0 Å². The highest BCUT2D eigenvalue weighted by atomic mass is 14.9. The molecule has 0 unspecified atom stereocenters. The summed E-state index contributed by atoms with van der Waals surface area (Å²) in [5.41, 5.74) is 2.45. The number of nitriles is 1. The molecule has 1 atom stereocenters. The summed E-state index contributed by atoms with van der Waals surface area (Å²) in [6.07, 6.45) is 1.77. The van der Waals surface area contributed by atoms with E-state index in [2.05, 4.69) is 16.4 Å². The minimum Gasteiger partial charge on any atom is -0.376 e. The number of anilines is 1. The number of nitrogens with zero attached hydrogens (tertiary/aromatic N) is 2. The van der Waals surface area contributed by atoms with Crippen molar-refractivity contribution in [2.45, 2.75) is 13.0 Å². The van der Waals surface area contributed by atoms with Crippen molar-refractivity contribution in [1.82, 2.24) is 4.98 Å². The standard InChI is InChI=1S/C14H13N3/c1-11(13-7-4-5-9-16-13)17-14-8-3-2-6-12(14)10-15/h2-9,11,17H,1H3/t11-/m1/s1. The topological polar surface area (TPSA) is 48.7 Å². The van der Waals surface area contributed by atoms with Gasteiger partial charge in [-0.3, -0.25) is 4.98 Å². The minimum absolute atomic E-state index is 0.0747. The van der Waals surface area contributed by atoms with E-state index in [1.54, 1.807) is 12.3 Å². The van der Waals surface area contributed by atoms with Crippen molar-refractivity contribution in [2.75, 3.05) is 5.32 Å². The highest BCUT2D eigenvalue weighted by Gasteiger charge is 2.08. The van der Waals surface area contributed by atoms with Crippen molar-refractivity contribution in [3.8, 4) is 6.07 Å². The van der Waals surface area contributed by atoms with Crippen molar-refractivity contribution in [3.05, 3.63) is 59.9 Å². The second-order valence-electron chi connectivity index (χ2n) is 3.78. The van der Waals surface area contributed by atoms with E-state index >= 15 is 0 Å². The van der Waals surface area contributed by atoms with Crippen molar-refractivity contribution in [1.29, 1.82) is 5.26 Å². The largest absolute Gasteiger partial charge is 0.376 e. The number of hydrogen-bond acceptors (Lipinski definition) is 3. The van der Waals surface area contributed by atoms with Gasteiger partial charge in [-0.1, -0.05) is 18.2 Å². The van der Waals surface area contributed by atoms with Crippen molar-refractivity contribution < 1.29 is 0 Å². The lowest BCUT2D eigenvalue weighted by Gasteiger charge is -2.15. The molecule has 3 heteroatoms. The van der Waals surface area contributed by atoms with Crippen LogP contribution in [0.15, 0.2) is 48.7 Å². The van der Waals surface area contributed by atoms with Crippen LogP contribution in [0.1, 0.15) is 24.2 Å². The van der Waals surface area contributed by atoms with Gasteiger partial charge in [-0.2, -0.15) is 5.26 Å². The lowest BCUT2D eigenvalue weighted by atomic mass is 10.1. The van der Waals surface area contributed by atoms with Crippen molar-refractivity contribution in [3.63, 3.8) is 0 Å². The maximum atomic E-state index is 9.00. The fraction of sp³-hybridized carbons (Fsp3) is 0.143. The van der Waals surface area contributed by atoms with Gasteiger partial charge in [0.25, 0.3) is 0 Å². The average Bonchev–Trinajstić information content (AvgIpc) is 2.40. The Morgan fingerprint density at radius 3 is 2.65 bits per heavy atom. The Kier molecular flexibility index (Phi) is 3.37. The van der Waals surface area contributed by atoms with Crippen LogP contribution in [0.25, 0.3) is 0 Å². The number of aromatic nitrogens is 1. The van der Waals surface area contributed by atoms with E-state index in [9.17, 15) is 0 Å². The zero-order valence-corrected chi connectivity index (χ0v) is 9.59. The van der Waals surface area contributed by atoms with Crippen LogP contribution in [-0.2, 0) is 0 Å². The van der Waals surface area contributed by atoms with E-state index in [0.717, 1.165) is 11.4 Å². The molecule has 3 nitrogen and oxygen atoms in total. The zero-order valence-electron chi connectivity index (χ0n) is 9.59. The Labute approximate surface area is 101 Å². The third kappa shape index (κ3) is 2.61. The first kappa shape index (κ1) is 11.2. The minimum atomic E-state index is 0.0747. The molecule has 0 aliphatic heterocycles. The molecule has 0 aliphatic rings. The molecule has 17 heavy (non-hydrogen) atoms. The lowest BCUT2D eigenvalue weighted by Crippen LogP contribution is -2.09. The van der Waals surface area contributed by atoms with Crippen molar-refractivity contribution in [2.24, 2.45) is 0 Å². The number of rotatable bonds is 3. The van der Waals surface area contributed by atoms with Crippen LogP contribution in [0, 0.1) is 11.3 Å². The van der Waals surface area contributed by atoms with Crippen molar-refractivity contribution >= 4 is 5.69 Å². The monoisotopic (exact) mass is 223 g/mol. The Bertz CT molecular complexity index is 529. The first-order valence-corrected chi connectivity index (χ1v) is 5.48. The van der Waals surface area contributed by atoms with Gasteiger partial charge in [0.05, 0.1) is 23.0 Å². The summed E-state index contributed by atoms with van der Waals surface area (Å²) >= 11 is 0. The molecule has 1 aromatic heterocycles. The predicted molar refractivity (Wildman–Crippen MR) is 67.4 cm³/mol. The summed E-state index contributed by atoms with van der Waals surface area (Å²) in [4.78, 5) is 4.28. The molecule has 1 N–H and O–H groups in total. The Morgan fingerprint density at radius 1 is 1.18 bits per heavy atom. The molecule has 0 spiro atoms. The van der Waals surface area contributed by atoms with Gasteiger partial charge in [-0.25, -0.2) is 0 Å². The molecule has 0 fully saturated rings. The zero-order chi connectivity index (χ0) is 12.1. The number of para-hydroxylation sites is 1. The summed E-state index contributed by atoms with van der Waals surface area (Å²) < 4.78 is 0. The Morgan fingerprint density at radius 2 is 1.94 bits per heavy atom. The molecule has 0 saturated carbocycles. The van der Waals surface area contributed by atoms with E-state index in [-0.39, 0.29) is 6.04 Å². The molecule has 0 amide bonds. The molecule has 0 radical (unpaired) electrons. The second-order valence-corrected chi connectivity index (χ2v) is 3.78. The maximum absolute atomic E-state index is 9.00. The fourth-order valence-electron chi connectivity index (χ4n) is 1.65. The van der Waals surface area contributed by atoms with Crippen LogP contribution in [0.3, 0.4) is 0 Å². The van der Waals surface area contributed by atoms with Crippen LogP contribution < -0.4 is 5.32 Å². The van der Waals surface area contributed by atoms with Crippen LogP contribution in [0.2, 0.25) is 0 Å². The fourth-order valence-corrected chi connectivity index (χ4v) is 1.65. The van der Waals surface area contributed by atoms with Gasteiger partial charge in [0, 0.05) is 6.20 Å². The summed E-state index contributed by atoms with van der Waals surface area (Å²) in [5.74, 6) is 0. The summed E-state index contributed by atoms with van der Waals surface area (Å²) in [6.45, 7) is 2.02. The average molecular weight is 223 g/mol. The third-order valence-corrected chi connectivity index (χ3v) is 2.55. The van der Waals surface area contributed by atoms with E-state index in [4.69, 9.17) is 5.26 Å². The van der Waals surface area contributed by atoms with Crippen LogP contribution >= 0.6 is 0 Å². The van der Waals surface area contributed by atoms with E-state index < -0.39 is 0 Å². The number of pyridine rings is 1. The van der Waals surface area contributed by atoms with Crippen LogP contribution in [-0.4, -0.2) is 4.98 Å². The van der Waals surface area contributed by atoms with E-state index in [1.165, 1.54) is 0 Å². The SMILES string of the molecule is C[C@@H](Nc1ccccc1C#N)c1ccccn1. The van der Waals surface area contributed by atoms with Crippen LogP contribution in [0.5, 0.6) is 0 Å². The highest BCUT2D eigenvalue weighted by Crippen LogP contribution is 2.20. The first-order valence-electron chi connectivity index (χ1n) is 5.48. The summed E-state index contributed by atoms with van der Waals surface area (Å²) in [7, 11) is 0. The van der Waals surface area contributed by atoms with Gasteiger partial charge in [0.15, 0.2) is 0 Å². The third-order valence-electron chi connectivity index (χ3n) is 2.55. The molecular weight excluding hydrogens is 210 g/mol. The van der Waals surface area contributed by atoms with Gasteiger partial charge in [0.1, 0.15) is 6.07 Å². The lowest BCUT2D eigenvalue weighted by molar-refractivity contribution is 0.839. The number of nitrogens with one attached hydrogen (secondary N) is 1. The second kappa shape index (κ2) is 5.13. The summed E-state index contributed by atoms with van der Waals surface area (Å²) in [5, 5.41) is 12.3. The van der Waals surface area contributed by atoms with Gasteiger partial charge in [-0.05, 0) is 31.2 Å². The summed E-state index contributed by atoms with van der Waals surface area (Å²) in [6, 6.07) is 15.5. The molecule has 0 bridgehead atoms. The Hall–Kier alpha value is -2.34. The highest BCUT2D eigenvalue weighted by molar-refractivity contribution is 5.57. The van der Waals surface area contributed by atoms with Gasteiger partial charge < -0.3 is 5.32 Å². The predicted octanol–water partition coefficient (Wildman–Crippen LogP) is 3.13.